The Kier molecular flexibility index (Phi) is 9.20. The maximum atomic E-state index is 10.8. The van der Waals surface area contributed by atoms with E-state index in [1.165, 1.54) is 0 Å². The Morgan fingerprint density at radius 3 is 2.85 bits per heavy atom. The van der Waals surface area contributed by atoms with Crippen LogP contribution in [0.3, 0.4) is 0 Å². The Morgan fingerprint density at radius 1 is 1.46 bits per heavy atom. The average Bonchev–Trinajstić information content (AvgIpc) is 2.14. The fraction of sp³-hybridized carbons (Fsp3) is 0.667. The quantitative estimate of drug-likeness (QED) is 0.428. The van der Waals surface area contributed by atoms with Gasteiger partial charge in [-0.25, -0.2) is 4.79 Å². The normalized spacial score (nSPS) is 9.31. The minimum Gasteiger partial charge on any atom is -0.445 e. The zero-order valence-corrected chi connectivity index (χ0v) is 9.31. The van der Waals surface area contributed by atoms with E-state index < -0.39 is 0 Å². The molecule has 0 aliphatic rings. The summed E-state index contributed by atoms with van der Waals surface area (Å²) in [5, 5.41) is 3.67. The second-order valence-corrected chi connectivity index (χ2v) is 3.36. The van der Waals surface area contributed by atoms with Crippen LogP contribution in [0.2, 0.25) is 0 Å². The van der Waals surface area contributed by atoms with Gasteiger partial charge < -0.3 is 10.1 Å². The monoisotopic (exact) mass is 249 g/mol. The van der Waals surface area contributed by atoms with E-state index in [-0.39, 0.29) is 12.7 Å². The van der Waals surface area contributed by atoms with E-state index in [1.807, 2.05) is 0 Å². The number of halogens is 1. The van der Waals surface area contributed by atoms with E-state index in [4.69, 9.17) is 4.74 Å². The topological polar surface area (TPSA) is 38.3 Å². The van der Waals surface area contributed by atoms with Crippen LogP contribution in [-0.4, -0.2) is 24.6 Å². The number of amides is 1. The van der Waals surface area contributed by atoms with E-state index >= 15 is 0 Å². The number of unbranched alkanes of at least 4 members (excludes halogenated alkanes) is 2. The molecule has 0 aromatic rings. The summed E-state index contributed by atoms with van der Waals surface area (Å²) in [5.74, 6) is 0. The summed E-state index contributed by atoms with van der Waals surface area (Å²) in [6.45, 7) is 4.40. The molecular formula is C9H16BrNO2. The number of carbonyl (C=O) groups is 1. The Hall–Kier alpha value is -0.510. The van der Waals surface area contributed by atoms with Gasteiger partial charge in [0.25, 0.3) is 0 Å². The maximum Gasteiger partial charge on any atom is 0.407 e. The van der Waals surface area contributed by atoms with E-state index in [2.05, 4.69) is 27.8 Å². The molecule has 0 saturated heterocycles. The van der Waals surface area contributed by atoms with Crippen molar-refractivity contribution in [1.29, 1.82) is 0 Å². The molecule has 1 N–H and O–H groups in total. The molecule has 0 saturated carbocycles. The van der Waals surface area contributed by atoms with Gasteiger partial charge in [0.1, 0.15) is 6.61 Å². The molecule has 0 aromatic carbocycles. The first-order chi connectivity index (χ1) is 6.31. The fourth-order valence-corrected chi connectivity index (χ4v) is 1.17. The summed E-state index contributed by atoms with van der Waals surface area (Å²) in [4.78, 5) is 10.8. The third-order valence-corrected chi connectivity index (χ3v) is 1.97. The van der Waals surface area contributed by atoms with E-state index in [0.29, 0.717) is 6.54 Å². The molecule has 3 nitrogen and oxygen atoms in total. The van der Waals surface area contributed by atoms with Crippen molar-refractivity contribution in [2.75, 3.05) is 18.5 Å². The van der Waals surface area contributed by atoms with Crippen molar-refractivity contribution < 1.29 is 9.53 Å². The predicted octanol–water partition coefficient (Wildman–Crippen LogP) is 2.46. The molecule has 0 rings (SSSR count). The van der Waals surface area contributed by atoms with Crippen LogP contribution >= 0.6 is 15.9 Å². The molecule has 1 amide bonds. The summed E-state index contributed by atoms with van der Waals surface area (Å²) in [7, 11) is 0. The lowest BCUT2D eigenvalue weighted by Gasteiger charge is -2.04. The van der Waals surface area contributed by atoms with Crippen molar-refractivity contribution in [3.05, 3.63) is 12.7 Å². The molecular weight excluding hydrogens is 234 g/mol. The minimum atomic E-state index is -0.362. The lowest BCUT2D eigenvalue weighted by Crippen LogP contribution is -2.25. The van der Waals surface area contributed by atoms with Crippen LogP contribution in [0.4, 0.5) is 4.79 Å². The lowest BCUT2D eigenvalue weighted by atomic mass is 10.2. The molecule has 0 heterocycles. The summed E-state index contributed by atoms with van der Waals surface area (Å²) in [6, 6.07) is 0. The van der Waals surface area contributed by atoms with Crippen molar-refractivity contribution in [3.63, 3.8) is 0 Å². The minimum absolute atomic E-state index is 0.271. The number of nitrogens with one attached hydrogen (secondary N) is 1. The zero-order chi connectivity index (χ0) is 9.94. The summed E-state index contributed by atoms with van der Waals surface area (Å²) < 4.78 is 4.72. The number of carbonyl (C=O) groups excluding carboxylic acids is 1. The number of alkyl carbamates (subject to hydrolysis) is 1. The van der Waals surface area contributed by atoms with Crippen molar-refractivity contribution >= 4 is 22.0 Å². The molecule has 0 spiro atoms. The van der Waals surface area contributed by atoms with Crippen LogP contribution < -0.4 is 5.32 Å². The van der Waals surface area contributed by atoms with Gasteiger partial charge in [0.15, 0.2) is 0 Å². The van der Waals surface area contributed by atoms with Gasteiger partial charge in [-0.1, -0.05) is 35.0 Å². The lowest BCUT2D eigenvalue weighted by molar-refractivity contribution is 0.158. The highest BCUT2D eigenvalue weighted by molar-refractivity contribution is 9.09. The highest BCUT2D eigenvalue weighted by Gasteiger charge is 1.97. The number of hydrogen-bond acceptors (Lipinski definition) is 2. The van der Waals surface area contributed by atoms with Gasteiger partial charge >= 0.3 is 6.09 Å². The fourth-order valence-electron chi connectivity index (χ4n) is 0.772. The van der Waals surface area contributed by atoms with Crippen LogP contribution in [0.25, 0.3) is 0 Å². The molecule has 0 unspecified atom stereocenters. The Balaban J connectivity index is 3.12. The number of rotatable bonds is 7. The Bertz CT molecular complexity index is 151. The first-order valence-corrected chi connectivity index (χ1v) is 5.51. The molecule has 0 aliphatic carbocycles. The third kappa shape index (κ3) is 9.40. The predicted molar refractivity (Wildman–Crippen MR) is 57.2 cm³/mol. The molecule has 0 atom stereocenters. The van der Waals surface area contributed by atoms with Crippen LogP contribution in [0.15, 0.2) is 12.7 Å². The maximum absolute atomic E-state index is 10.8. The van der Waals surface area contributed by atoms with Crippen LogP contribution in [0.5, 0.6) is 0 Å². The molecule has 0 bridgehead atoms. The van der Waals surface area contributed by atoms with Gasteiger partial charge in [-0.15, -0.1) is 0 Å². The van der Waals surface area contributed by atoms with Gasteiger partial charge in [0.05, 0.1) is 0 Å². The average molecular weight is 250 g/mol. The van der Waals surface area contributed by atoms with Gasteiger partial charge in [0.2, 0.25) is 0 Å². The van der Waals surface area contributed by atoms with Gasteiger partial charge in [0, 0.05) is 11.9 Å². The summed E-state index contributed by atoms with van der Waals surface area (Å²) >= 11 is 3.34. The third-order valence-electron chi connectivity index (χ3n) is 1.41. The van der Waals surface area contributed by atoms with Crippen LogP contribution in [0, 0.1) is 0 Å². The number of ether oxygens (including phenoxy) is 1. The molecule has 13 heavy (non-hydrogen) atoms. The smallest absolute Gasteiger partial charge is 0.407 e. The number of alkyl halides is 1. The van der Waals surface area contributed by atoms with Gasteiger partial charge in [-0.05, 0) is 12.8 Å². The first kappa shape index (κ1) is 12.5. The SMILES string of the molecule is C=CCOC(=O)NCCCCCBr. The van der Waals surface area contributed by atoms with Crippen LogP contribution in [0.1, 0.15) is 19.3 Å². The van der Waals surface area contributed by atoms with Crippen LogP contribution in [-0.2, 0) is 4.74 Å². The van der Waals surface area contributed by atoms with E-state index in [1.54, 1.807) is 6.08 Å². The zero-order valence-electron chi connectivity index (χ0n) is 7.72. The molecule has 0 aliphatic heterocycles. The van der Waals surface area contributed by atoms with E-state index in [0.717, 1.165) is 24.6 Å². The molecule has 0 radical (unpaired) electrons. The van der Waals surface area contributed by atoms with E-state index in [9.17, 15) is 4.79 Å². The van der Waals surface area contributed by atoms with Crippen molar-refractivity contribution in [2.45, 2.75) is 19.3 Å². The Labute approximate surface area is 87.7 Å². The van der Waals surface area contributed by atoms with Gasteiger partial charge in [-0.2, -0.15) is 0 Å². The molecule has 4 heteroatoms. The van der Waals surface area contributed by atoms with Gasteiger partial charge in [-0.3, -0.25) is 0 Å². The second kappa shape index (κ2) is 9.58. The molecule has 0 aromatic heterocycles. The summed E-state index contributed by atoms with van der Waals surface area (Å²) in [6.07, 6.45) is 4.44. The standard InChI is InChI=1S/C9H16BrNO2/c1-2-8-13-9(12)11-7-5-3-4-6-10/h2H,1,3-8H2,(H,11,12). The van der Waals surface area contributed by atoms with Crippen molar-refractivity contribution in [3.8, 4) is 0 Å². The largest absolute Gasteiger partial charge is 0.445 e. The molecule has 76 valence electrons. The first-order valence-electron chi connectivity index (χ1n) is 4.38. The van der Waals surface area contributed by atoms with Crippen molar-refractivity contribution in [1.82, 2.24) is 5.32 Å². The highest BCUT2D eigenvalue weighted by Crippen LogP contribution is 1.96. The highest BCUT2D eigenvalue weighted by atomic mass is 79.9. The number of hydrogen-bond donors (Lipinski definition) is 1. The summed E-state index contributed by atoms with van der Waals surface area (Å²) in [5.41, 5.74) is 0. The molecule has 0 fully saturated rings. The Morgan fingerprint density at radius 2 is 2.23 bits per heavy atom. The second-order valence-electron chi connectivity index (χ2n) is 2.56. The van der Waals surface area contributed by atoms with Crippen molar-refractivity contribution in [2.24, 2.45) is 0 Å².